The van der Waals surface area contributed by atoms with Crippen LogP contribution in [0.15, 0.2) is 67.0 Å². The molecular weight excluding hydrogens is 402 g/mol. The third-order valence-electron chi connectivity index (χ3n) is 5.74. The monoisotopic (exact) mass is 425 g/mol. The molecule has 1 atom stereocenters. The van der Waals surface area contributed by atoms with Crippen molar-refractivity contribution in [3.63, 3.8) is 0 Å². The summed E-state index contributed by atoms with van der Waals surface area (Å²) >= 11 is 0. The van der Waals surface area contributed by atoms with Crippen LogP contribution in [-0.2, 0) is 10.4 Å². The average molecular weight is 425 g/mol. The maximum absolute atomic E-state index is 12.2. The van der Waals surface area contributed by atoms with E-state index in [-0.39, 0.29) is 0 Å². The minimum Gasteiger partial charge on any atom is -0.351 e. The minimum absolute atomic E-state index is 0.395. The van der Waals surface area contributed by atoms with Gasteiger partial charge in [0.05, 0.1) is 12.2 Å². The van der Waals surface area contributed by atoms with E-state index in [9.17, 15) is 4.79 Å². The molecule has 2 amide bonds. The van der Waals surface area contributed by atoms with Gasteiger partial charge in [-0.15, -0.1) is 0 Å². The van der Waals surface area contributed by atoms with Crippen LogP contribution in [0.3, 0.4) is 0 Å². The summed E-state index contributed by atoms with van der Waals surface area (Å²) in [6.45, 7) is 0.395. The summed E-state index contributed by atoms with van der Waals surface area (Å²) in [5.74, 6) is 6.94. The molecule has 32 heavy (non-hydrogen) atoms. The van der Waals surface area contributed by atoms with E-state index in [2.05, 4.69) is 27.1 Å². The lowest BCUT2D eigenvalue weighted by Crippen LogP contribution is -2.47. The number of nitrogens with one attached hydrogen (secondary N) is 1. The molecule has 1 aromatic heterocycles. The first kappa shape index (κ1) is 20.0. The number of nitrogens with two attached hydrogens (primary N) is 1. The van der Waals surface area contributed by atoms with E-state index in [0.717, 1.165) is 22.3 Å². The Morgan fingerprint density at radius 2 is 1.75 bits per heavy atom. The second kappa shape index (κ2) is 8.33. The molecule has 7 nitrogen and oxygen atoms in total. The highest BCUT2D eigenvalue weighted by molar-refractivity contribution is 5.73. The number of aromatic nitrogens is 2. The lowest BCUT2D eigenvalue weighted by Gasteiger charge is -2.36. The summed E-state index contributed by atoms with van der Waals surface area (Å²) in [7, 11) is 0. The van der Waals surface area contributed by atoms with Crippen LogP contribution < -0.4 is 11.1 Å². The van der Waals surface area contributed by atoms with Gasteiger partial charge >= 0.3 is 6.03 Å². The molecule has 1 unspecified atom stereocenters. The fraction of sp³-hybridized carbons (Fsp3) is 0.240. The fourth-order valence-electron chi connectivity index (χ4n) is 4.03. The van der Waals surface area contributed by atoms with Crippen molar-refractivity contribution in [1.29, 1.82) is 0 Å². The van der Waals surface area contributed by atoms with E-state index >= 15 is 0 Å². The largest absolute Gasteiger partial charge is 0.351 e. The van der Waals surface area contributed by atoms with Gasteiger partial charge in [-0.05, 0) is 36.1 Å². The maximum Gasteiger partial charge on any atom is 0.339 e. The number of benzene rings is 2. The van der Waals surface area contributed by atoms with Crippen molar-refractivity contribution < 1.29 is 9.63 Å². The Hall–Kier alpha value is -3.89. The zero-order valence-corrected chi connectivity index (χ0v) is 17.5. The first-order chi connectivity index (χ1) is 15.6. The van der Waals surface area contributed by atoms with Crippen molar-refractivity contribution in [3.05, 3.63) is 89.2 Å². The number of urea groups is 1. The zero-order chi connectivity index (χ0) is 22.0. The highest BCUT2D eigenvalue weighted by atomic mass is 16.7. The van der Waals surface area contributed by atoms with E-state index in [1.54, 1.807) is 12.4 Å². The molecule has 5 rings (SSSR count). The third kappa shape index (κ3) is 3.88. The van der Waals surface area contributed by atoms with Crippen molar-refractivity contribution in [2.45, 2.75) is 30.8 Å². The topological polar surface area (TPSA) is 93.4 Å². The molecule has 160 valence electrons. The van der Waals surface area contributed by atoms with Gasteiger partial charge in [0.2, 0.25) is 5.95 Å². The van der Waals surface area contributed by atoms with E-state index in [1.165, 1.54) is 17.9 Å². The van der Waals surface area contributed by atoms with Gasteiger partial charge in [0.25, 0.3) is 0 Å². The molecular formula is C25H23N5O2. The predicted octanol–water partition coefficient (Wildman–Crippen LogP) is 3.41. The van der Waals surface area contributed by atoms with Crippen molar-refractivity contribution in [2.75, 3.05) is 11.9 Å². The molecule has 2 heterocycles. The summed E-state index contributed by atoms with van der Waals surface area (Å²) in [5.41, 5.74) is 8.26. The highest BCUT2D eigenvalue weighted by Crippen LogP contribution is 2.43. The number of nitrogens with zero attached hydrogens (tertiary/aromatic N) is 3. The first-order valence-corrected chi connectivity index (χ1v) is 10.6. The van der Waals surface area contributed by atoms with Gasteiger partial charge in [-0.3, -0.25) is 4.84 Å². The average Bonchev–Trinajstić information content (AvgIpc) is 3.52. The number of carbonyl (C=O) groups excluding carboxylic acids is 1. The Kier molecular flexibility index (Phi) is 5.21. The molecule has 3 aromatic rings. The second-order valence-electron chi connectivity index (χ2n) is 7.99. The summed E-state index contributed by atoms with van der Waals surface area (Å²) in [4.78, 5) is 26.6. The van der Waals surface area contributed by atoms with E-state index in [1.807, 2.05) is 54.6 Å². The van der Waals surface area contributed by atoms with E-state index in [0.29, 0.717) is 25.0 Å². The zero-order valence-electron chi connectivity index (χ0n) is 17.5. The molecule has 7 heteroatoms. The maximum atomic E-state index is 12.2. The Morgan fingerprint density at radius 3 is 2.47 bits per heavy atom. The second-order valence-corrected chi connectivity index (χ2v) is 7.99. The molecule has 3 N–H and O–H groups in total. The van der Waals surface area contributed by atoms with E-state index < -0.39 is 11.6 Å². The van der Waals surface area contributed by atoms with Crippen molar-refractivity contribution in [2.24, 2.45) is 5.73 Å². The summed E-state index contributed by atoms with van der Waals surface area (Å²) < 4.78 is 0. The van der Waals surface area contributed by atoms with Crippen molar-refractivity contribution in [3.8, 4) is 11.8 Å². The number of rotatable bonds is 4. The Morgan fingerprint density at radius 1 is 1.03 bits per heavy atom. The van der Waals surface area contributed by atoms with Gasteiger partial charge < -0.3 is 11.1 Å². The van der Waals surface area contributed by atoms with Crippen LogP contribution in [0.4, 0.5) is 10.7 Å². The molecule has 1 aliphatic heterocycles. The van der Waals surface area contributed by atoms with Crippen molar-refractivity contribution in [1.82, 2.24) is 15.0 Å². The molecule has 2 aromatic carbocycles. The summed E-state index contributed by atoms with van der Waals surface area (Å²) in [5, 5.41) is 4.55. The molecule has 0 radical (unpaired) electrons. The standard InChI is InChI=1S/C25H23N5O2/c26-23(31)30-25(13-14-32-30,20-6-2-1-3-7-20)21-8-4-5-18(15-21)9-10-19-16-27-24(28-17-19)29-22-11-12-22/h1-8,15-17,22H,11-14H2,(H2,26,31)(H,27,28,29). The number of primary amides is 1. The van der Waals surface area contributed by atoms with Crippen molar-refractivity contribution >= 4 is 12.0 Å². The number of amides is 2. The number of carbonyl (C=O) groups is 1. The van der Waals surface area contributed by atoms with Crippen LogP contribution in [0.5, 0.6) is 0 Å². The van der Waals surface area contributed by atoms with Gasteiger partial charge in [0.1, 0.15) is 5.54 Å². The Bertz CT molecular complexity index is 1180. The van der Waals surface area contributed by atoms with Gasteiger partial charge in [-0.1, -0.05) is 54.3 Å². The van der Waals surface area contributed by atoms with Gasteiger partial charge in [0, 0.05) is 30.4 Å². The molecule has 2 fully saturated rings. The quantitative estimate of drug-likeness (QED) is 0.625. The van der Waals surface area contributed by atoms with E-state index in [4.69, 9.17) is 10.6 Å². The molecule has 1 saturated heterocycles. The van der Waals surface area contributed by atoms with Crippen LogP contribution in [0.25, 0.3) is 0 Å². The Balaban J connectivity index is 1.47. The lowest BCUT2D eigenvalue weighted by molar-refractivity contribution is -0.107. The summed E-state index contributed by atoms with van der Waals surface area (Å²) in [6.07, 6.45) is 6.38. The third-order valence-corrected chi connectivity index (χ3v) is 5.74. The number of hydrogen-bond acceptors (Lipinski definition) is 5. The Labute approximate surface area is 186 Å². The van der Waals surface area contributed by atoms with Gasteiger partial charge in [-0.2, -0.15) is 5.06 Å². The van der Waals surface area contributed by atoms with Crippen LogP contribution >= 0.6 is 0 Å². The van der Waals surface area contributed by atoms with Crippen LogP contribution in [0.1, 0.15) is 41.5 Å². The summed E-state index contributed by atoms with van der Waals surface area (Å²) in [6, 6.07) is 17.5. The fourth-order valence-corrected chi connectivity index (χ4v) is 4.03. The normalized spacial score (nSPS) is 19.8. The van der Waals surface area contributed by atoms with Gasteiger partial charge in [0.15, 0.2) is 0 Å². The molecule has 1 saturated carbocycles. The number of hydrogen-bond donors (Lipinski definition) is 2. The van der Waals surface area contributed by atoms with Crippen LogP contribution in [0, 0.1) is 11.8 Å². The van der Waals surface area contributed by atoms with Gasteiger partial charge in [-0.25, -0.2) is 14.8 Å². The molecule has 0 bridgehead atoms. The van der Waals surface area contributed by atoms with Crippen LogP contribution in [-0.4, -0.2) is 33.7 Å². The highest BCUT2D eigenvalue weighted by Gasteiger charge is 2.47. The molecule has 2 aliphatic rings. The molecule has 1 aliphatic carbocycles. The first-order valence-electron chi connectivity index (χ1n) is 10.6. The minimum atomic E-state index is -0.802. The van der Waals surface area contributed by atoms with Crippen LogP contribution in [0.2, 0.25) is 0 Å². The lowest BCUT2D eigenvalue weighted by atomic mass is 9.80. The predicted molar refractivity (Wildman–Crippen MR) is 120 cm³/mol. The SMILES string of the molecule is NC(=O)N1OCCC1(c1ccccc1)c1cccc(C#Cc2cnc(NC3CC3)nc2)c1. The molecule has 0 spiro atoms. The smallest absolute Gasteiger partial charge is 0.339 e. The number of anilines is 1. The number of hydroxylamine groups is 2.